The first kappa shape index (κ1) is 13.9. The number of hydrogen-bond acceptors (Lipinski definition) is 4. The molecule has 0 fully saturated rings. The lowest BCUT2D eigenvalue weighted by Gasteiger charge is -2.18. The molecule has 0 aliphatic heterocycles. The van der Waals surface area contributed by atoms with Gasteiger partial charge in [-0.2, -0.15) is 0 Å². The average molecular weight is 223 g/mol. The van der Waals surface area contributed by atoms with Gasteiger partial charge in [0, 0.05) is 18.6 Å². The van der Waals surface area contributed by atoms with Gasteiger partial charge in [0.25, 0.3) is 0 Å². The molecule has 0 bridgehead atoms. The van der Waals surface area contributed by atoms with Crippen molar-refractivity contribution >= 4 is 9.84 Å². The first-order valence-corrected chi connectivity index (χ1v) is 7.06. The van der Waals surface area contributed by atoms with E-state index in [1.54, 1.807) is 0 Å². The van der Waals surface area contributed by atoms with Crippen LogP contribution in [0.2, 0.25) is 0 Å². The van der Waals surface area contributed by atoms with Crippen molar-refractivity contribution in [1.29, 1.82) is 0 Å². The lowest BCUT2D eigenvalue weighted by atomic mass is 10.3. The number of sulfone groups is 1. The van der Waals surface area contributed by atoms with E-state index in [0.717, 1.165) is 19.5 Å². The molecule has 0 atom stereocenters. The largest absolute Gasteiger partial charge is 0.395 e. The van der Waals surface area contributed by atoms with E-state index in [9.17, 15) is 8.42 Å². The highest BCUT2D eigenvalue weighted by molar-refractivity contribution is 7.90. The Kier molecular flexibility index (Phi) is 7.13. The van der Waals surface area contributed by atoms with Gasteiger partial charge in [0.1, 0.15) is 9.84 Å². The number of aliphatic hydroxyl groups excluding tert-OH is 1. The van der Waals surface area contributed by atoms with Gasteiger partial charge in [0.2, 0.25) is 0 Å². The Labute approximate surface area is 86.8 Å². The molecular weight excluding hydrogens is 202 g/mol. The molecule has 86 valence electrons. The lowest BCUT2D eigenvalue weighted by molar-refractivity contribution is 0.200. The highest BCUT2D eigenvalue weighted by Crippen LogP contribution is 1.97. The summed E-state index contributed by atoms with van der Waals surface area (Å²) in [7, 11) is -2.81. The van der Waals surface area contributed by atoms with Crippen LogP contribution in [0, 0.1) is 0 Å². The van der Waals surface area contributed by atoms with Gasteiger partial charge in [-0.15, -0.1) is 0 Å². The zero-order chi connectivity index (χ0) is 11.0. The molecule has 0 aliphatic carbocycles. The molecule has 0 heterocycles. The van der Waals surface area contributed by atoms with Crippen LogP contribution in [0.5, 0.6) is 0 Å². The molecule has 0 saturated heterocycles. The molecule has 4 nitrogen and oxygen atoms in total. The van der Waals surface area contributed by atoms with Crippen LogP contribution in [-0.4, -0.2) is 56.7 Å². The molecule has 0 aliphatic rings. The van der Waals surface area contributed by atoms with E-state index in [4.69, 9.17) is 5.11 Å². The normalized spacial score (nSPS) is 12.3. The quantitative estimate of drug-likeness (QED) is 0.594. The van der Waals surface area contributed by atoms with Crippen LogP contribution in [0.3, 0.4) is 0 Å². The summed E-state index contributed by atoms with van der Waals surface area (Å²) in [6.07, 6.45) is 2.85. The van der Waals surface area contributed by atoms with Crippen molar-refractivity contribution in [2.45, 2.75) is 19.8 Å². The van der Waals surface area contributed by atoms with E-state index in [0.29, 0.717) is 13.0 Å². The lowest BCUT2D eigenvalue weighted by Crippen LogP contribution is -2.27. The SMILES string of the molecule is CCN(CCO)CCCCS(C)(=O)=O. The van der Waals surface area contributed by atoms with Gasteiger partial charge in [-0.3, -0.25) is 0 Å². The summed E-state index contributed by atoms with van der Waals surface area (Å²) in [5.74, 6) is 0.268. The topological polar surface area (TPSA) is 57.6 Å². The third-order valence-electron chi connectivity index (χ3n) is 2.10. The van der Waals surface area contributed by atoms with Crippen molar-refractivity contribution < 1.29 is 13.5 Å². The Bertz CT molecular complexity index is 226. The van der Waals surface area contributed by atoms with Gasteiger partial charge in [-0.1, -0.05) is 6.92 Å². The van der Waals surface area contributed by atoms with Crippen LogP contribution in [0.15, 0.2) is 0 Å². The summed E-state index contributed by atoms with van der Waals surface area (Å²) in [6.45, 7) is 4.65. The van der Waals surface area contributed by atoms with Crippen molar-refractivity contribution in [2.75, 3.05) is 38.2 Å². The Morgan fingerprint density at radius 2 is 1.86 bits per heavy atom. The molecular formula is C9H21NO3S. The van der Waals surface area contributed by atoms with E-state index in [2.05, 4.69) is 4.90 Å². The predicted molar refractivity (Wildman–Crippen MR) is 58.1 cm³/mol. The molecule has 14 heavy (non-hydrogen) atoms. The second kappa shape index (κ2) is 7.20. The summed E-state index contributed by atoms with van der Waals surface area (Å²) < 4.78 is 21.6. The van der Waals surface area contributed by atoms with Gasteiger partial charge in [-0.25, -0.2) is 8.42 Å². The highest BCUT2D eigenvalue weighted by atomic mass is 32.2. The molecule has 0 spiro atoms. The van der Waals surface area contributed by atoms with Gasteiger partial charge >= 0.3 is 0 Å². The van der Waals surface area contributed by atoms with Crippen LogP contribution in [0.4, 0.5) is 0 Å². The number of hydrogen-bond donors (Lipinski definition) is 1. The second-order valence-electron chi connectivity index (χ2n) is 3.49. The van der Waals surface area contributed by atoms with E-state index >= 15 is 0 Å². The van der Waals surface area contributed by atoms with Gasteiger partial charge in [0.15, 0.2) is 0 Å². The number of nitrogens with zero attached hydrogens (tertiary/aromatic N) is 1. The molecule has 0 unspecified atom stereocenters. The van der Waals surface area contributed by atoms with Crippen molar-refractivity contribution in [3.63, 3.8) is 0 Å². The van der Waals surface area contributed by atoms with Crippen molar-refractivity contribution in [3.05, 3.63) is 0 Å². The summed E-state index contributed by atoms with van der Waals surface area (Å²) in [5, 5.41) is 8.72. The Morgan fingerprint density at radius 1 is 1.21 bits per heavy atom. The molecule has 0 radical (unpaired) electrons. The molecule has 0 rings (SSSR count). The number of unbranched alkanes of at least 4 members (excludes halogenated alkanes) is 1. The molecule has 5 heteroatoms. The third-order valence-corrected chi connectivity index (χ3v) is 3.13. The highest BCUT2D eigenvalue weighted by Gasteiger charge is 2.04. The molecule has 1 N–H and O–H groups in total. The van der Waals surface area contributed by atoms with Crippen LogP contribution < -0.4 is 0 Å². The van der Waals surface area contributed by atoms with Crippen LogP contribution in [-0.2, 0) is 9.84 Å². The molecule has 0 aromatic heterocycles. The Balaban J connectivity index is 3.52. The first-order chi connectivity index (χ1) is 6.49. The van der Waals surface area contributed by atoms with Crippen molar-refractivity contribution in [1.82, 2.24) is 4.90 Å². The summed E-state index contributed by atoms with van der Waals surface area (Å²) in [4.78, 5) is 2.11. The van der Waals surface area contributed by atoms with Gasteiger partial charge in [-0.05, 0) is 25.9 Å². The summed E-state index contributed by atoms with van der Waals surface area (Å²) in [5.41, 5.74) is 0. The number of rotatable bonds is 8. The van der Waals surface area contributed by atoms with E-state index in [1.807, 2.05) is 6.92 Å². The molecule has 0 amide bonds. The van der Waals surface area contributed by atoms with Crippen LogP contribution >= 0.6 is 0 Å². The minimum Gasteiger partial charge on any atom is -0.395 e. The molecule has 0 aromatic carbocycles. The van der Waals surface area contributed by atoms with Crippen LogP contribution in [0.1, 0.15) is 19.8 Å². The maximum absolute atomic E-state index is 10.8. The average Bonchev–Trinajstić information content (AvgIpc) is 2.08. The maximum Gasteiger partial charge on any atom is 0.147 e. The summed E-state index contributed by atoms with van der Waals surface area (Å²) >= 11 is 0. The minimum absolute atomic E-state index is 0.167. The van der Waals surface area contributed by atoms with Gasteiger partial charge in [0.05, 0.1) is 6.61 Å². The molecule has 0 aromatic rings. The zero-order valence-corrected chi connectivity index (χ0v) is 9.89. The number of likely N-dealkylation sites (N-methyl/N-ethyl adjacent to an activating group) is 1. The van der Waals surface area contributed by atoms with E-state index in [1.165, 1.54) is 6.26 Å². The zero-order valence-electron chi connectivity index (χ0n) is 9.07. The predicted octanol–water partition coefficient (Wildman–Crippen LogP) is 0.125. The molecule has 0 saturated carbocycles. The minimum atomic E-state index is -2.81. The maximum atomic E-state index is 10.8. The van der Waals surface area contributed by atoms with Crippen molar-refractivity contribution in [3.8, 4) is 0 Å². The van der Waals surface area contributed by atoms with Crippen molar-refractivity contribution in [2.24, 2.45) is 0 Å². The fourth-order valence-corrected chi connectivity index (χ4v) is 2.00. The third kappa shape index (κ3) is 8.47. The number of aliphatic hydroxyl groups is 1. The monoisotopic (exact) mass is 223 g/mol. The summed E-state index contributed by atoms with van der Waals surface area (Å²) in [6, 6.07) is 0. The smallest absolute Gasteiger partial charge is 0.147 e. The Morgan fingerprint density at radius 3 is 2.29 bits per heavy atom. The van der Waals surface area contributed by atoms with Gasteiger partial charge < -0.3 is 10.0 Å². The standard InChI is InChI=1S/C9H21NO3S/c1-3-10(7-8-11)6-4-5-9-14(2,12)13/h11H,3-9H2,1-2H3. The van der Waals surface area contributed by atoms with E-state index < -0.39 is 9.84 Å². The Hall–Kier alpha value is -0.130. The first-order valence-electron chi connectivity index (χ1n) is 5.00. The fourth-order valence-electron chi connectivity index (χ4n) is 1.27. The fraction of sp³-hybridized carbons (Fsp3) is 1.00. The second-order valence-corrected chi connectivity index (χ2v) is 5.75. The van der Waals surface area contributed by atoms with E-state index in [-0.39, 0.29) is 12.4 Å². The van der Waals surface area contributed by atoms with Crippen LogP contribution in [0.25, 0.3) is 0 Å².